The molecule has 1 aromatic carbocycles. The van der Waals surface area contributed by atoms with E-state index >= 15 is 0 Å². The molecule has 16 heavy (non-hydrogen) atoms. The smallest absolute Gasteiger partial charge is 0.0790 e. The van der Waals surface area contributed by atoms with E-state index in [-0.39, 0.29) is 6.10 Å². The number of aliphatic hydroxyl groups is 1. The maximum absolute atomic E-state index is 9.98. The van der Waals surface area contributed by atoms with Gasteiger partial charge in [-0.05, 0) is 42.2 Å². The fraction of sp³-hybridized carbons (Fsp3) is 0.571. The van der Waals surface area contributed by atoms with E-state index in [0.717, 1.165) is 24.2 Å². The molecular formula is C14H22OS. The van der Waals surface area contributed by atoms with E-state index in [2.05, 4.69) is 32.9 Å². The molecule has 1 unspecified atom stereocenters. The molecule has 2 heteroatoms. The molecule has 0 heterocycles. The first-order chi connectivity index (χ1) is 7.63. The monoisotopic (exact) mass is 238 g/mol. The summed E-state index contributed by atoms with van der Waals surface area (Å²) in [7, 11) is 0. The van der Waals surface area contributed by atoms with Crippen LogP contribution < -0.4 is 0 Å². The molecule has 0 radical (unpaired) electrons. The average Bonchev–Trinajstić information content (AvgIpc) is 2.27. The molecule has 0 bridgehead atoms. The van der Waals surface area contributed by atoms with Crippen LogP contribution in [0.3, 0.4) is 0 Å². The van der Waals surface area contributed by atoms with Gasteiger partial charge in [0, 0.05) is 4.90 Å². The number of rotatable bonds is 6. The summed E-state index contributed by atoms with van der Waals surface area (Å²) in [5.74, 6) is 1.75. The summed E-state index contributed by atoms with van der Waals surface area (Å²) in [6.07, 6.45) is 1.63. The Bertz CT molecular complexity index is 292. The van der Waals surface area contributed by atoms with E-state index in [9.17, 15) is 5.11 Å². The highest BCUT2D eigenvalue weighted by Crippen LogP contribution is 2.24. The second-order valence-electron chi connectivity index (χ2n) is 4.49. The van der Waals surface area contributed by atoms with E-state index in [1.807, 2.05) is 23.9 Å². The molecule has 0 fully saturated rings. The van der Waals surface area contributed by atoms with Crippen molar-refractivity contribution in [2.24, 2.45) is 5.92 Å². The molecule has 0 saturated heterocycles. The zero-order chi connectivity index (χ0) is 12.0. The van der Waals surface area contributed by atoms with Gasteiger partial charge in [0.15, 0.2) is 0 Å². The van der Waals surface area contributed by atoms with Crippen molar-refractivity contribution >= 4 is 11.8 Å². The Morgan fingerprint density at radius 2 is 1.75 bits per heavy atom. The maximum atomic E-state index is 9.98. The van der Waals surface area contributed by atoms with Gasteiger partial charge < -0.3 is 5.11 Å². The normalized spacial score (nSPS) is 13.1. The number of benzene rings is 1. The topological polar surface area (TPSA) is 20.2 Å². The van der Waals surface area contributed by atoms with Crippen molar-refractivity contribution in [3.63, 3.8) is 0 Å². The van der Waals surface area contributed by atoms with E-state index in [4.69, 9.17) is 0 Å². The van der Waals surface area contributed by atoms with Crippen LogP contribution in [0.25, 0.3) is 0 Å². The fourth-order valence-electron chi connectivity index (χ4n) is 1.61. The van der Waals surface area contributed by atoms with Gasteiger partial charge in [0.05, 0.1) is 6.10 Å². The second kappa shape index (κ2) is 6.97. The largest absolute Gasteiger partial charge is 0.388 e. The minimum atomic E-state index is -0.303. The predicted molar refractivity (Wildman–Crippen MR) is 71.9 cm³/mol. The number of hydrogen-bond acceptors (Lipinski definition) is 2. The Hall–Kier alpha value is -0.470. The molecule has 0 aromatic heterocycles. The third-order valence-electron chi connectivity index (χ3n) is 2.59. The highest BCUT2D eigenvalue weighted by Gasteiger charge is 2.08. The Morgan fingerprint density at radius 3 is 2.25 bits per heavy atom. The molecule has 0 amide bonds. The van der Waals surface area contributed by atoms with Crippen LogP contribution in [0, 0.1) is 5.92 Å². The summed E-state index contributed by atoms with van der Waals surface area (Å²) < 4.78 is 0. The van der Waals surface area contributed by atoms with Crippen LogP contribution in [0.4, 0.5) is 0 Å². The van der Waals surface area contributed by atoms with Gasteiger partial charge in [-0.1, -0.05) is 32.9 Å². The first kappa shape index (κ1) is 13.6. The van der Waals surface area contributed by atoms with Crippen molar-refractivity contribution in [3.8, 4) is 0 Å². The van der Waals surface area contributed by atoms with E-state index in [0.29, 0.717) is 5.92 Å². The minimum absolute atomic E-state index is 0.303. The molecule has 0 aliphatic rings. The molecule has 0 saturated carbocycles. The number of aliphatic hydroxyl groups excluding tert-OH is 1. The lowest BCUT2D eigenvalue weighted by Gasteiger charge is -2.12. The van der Waals surface area contributed by atoms with Gasteiger partial charge in [-0.15, -0.1) is 11.8 Å². The summed E-state index contributed by atoms with van der Waals surface area (Å²) in [5, 5.41) is 9.98. The highest BCUT2D eigenvalue weighted by molar-refractivity contribution is 7.99. The van der Waals surface area contributed by atoms with Crippen molar-refractivity contribution in [1.29, 1.82) is 0 Å². The van der Waals surface area contributed by atoms with Crippen LogP contribution in [0.5, 0.6) is 0 Å². The van der Waals surface area contributed by atoms with Crippen LogP contribution in [0.15, 0.2) is 29.2 Å². The molecule has 1 nitrogen and oxygen atoms in total. The summed E-state index contributed by atoms with van der Waals surface area (Å²) in [6.45, 7) is 6.53. The first-order valence-electron chi connectivity index (χ1n) is 6.04. The summed E-state index contributed by atoms with van der Waals surface area (Å²) in [6, 6.07) is 8.29. The van der Waals surface area contributed by atoms with E-state index in [1.165, 1.54) is 4.90 Å². The molecule has 1 rings (SSSR count). The Kier molecular flexibility index (Phi) is 5.93. The third kappa shape index (κ3) is 4.58. The lowest BCUT2D eigenvalue weighted by Crippen LogP contribution is -1.99. The number of hydrogen-bond donors (Lipinski definition) is 1. The van der Waals surface area contributed by atoms with Gasteiger partial charge in [-0.2, -0.15) is 0 Å². The molecule has 0 spiro atoms. The second-order valence-corrected chi connectivity index (χ2v) is 5.83. The molecule has 0 aliphatic carbocycles. The Balaban J connectivity index is 2.52. The molecular weight excluding hydrogens is 216 g/mol. The van der Waals surface area contributed by atoms with E-state index < -0.39 is 0 Å². The van der Waals surface area contributed by atoms with Crippen molar-refractivity contribution in [1.82, 2.24) is 0 Å². The van der Waals surface area contributed by atoms with E-state index in [1.54, 1.807) is 0 Å². The predicted octanol–water partition coefficient (Wildman–Crippen LogP) is 4.27. The molecule has 0 aliphatic heterocycles. The van der Waals surface area contributed by atoms with Crippen LogP contribution in [-0.4, -0.2) is 10.9 Å². The fourth-order valence-corrected chi connectivity index (χ4v) is 2.27. The van der Waals surface area contributed by atoms with Crippen molar-refractivity contribution in [2.75, 3.05) is 5.75 Å². The lowest BCUT2D eigenvalue weighted by molar-refractivity contribution is 0.159. The van der Waals surface area contributed by atoms with Gasteiger partial charge in [-0.25, -0.2) is 0 Å². The molecule has 1 N–H and O–H groups in total. The van der Waals surface area contributed by atoms with Gasteiger partial charge in [-0.3, -0.25) is 0 Å². The first-order valence-corrected chi connectivity index (χ1v) is 7.02. The number of thioether (sulfide) groups is 1. The van der Waals surface area contributed by atoms with Crippen LogP contribution >= 0.6 is 11.8 Å². The highest BCUT2D eigenvalue weighted by atomic mass is 32.2. The summed E-state index contributed by atoms with van der Waals surface area (Å²) >= 11 is 1.83. The van der Waals surface area contributed by atoms with Crippen molar-refractivity contribution < 1.29 is 5.11 Å². The van der Waals surface area contributed by atoms with Crippen molar-refractivity contribution in [3.05, 3.63) is 29.8 Å². The lowest BCUT2D eigenvalue weighted by atomic mass is 10.0. The van der Waals surface area contributed by atoms with Gasteiger partial charge in [0.25, 0.3) is 0 Å². The standard InChI is InChI=1S/C14H22OS/c1-4-16-13-8-6-12(7-9-13)14(15)10-5-11(2)3/h6-9,11,14-15H,4-5,10H2,1-3H3. The molecule has 1 aromatic rings. The minimum Gasteiger partial charge on any atom is -0.388 e. The summed E-state index contributed by atoms with van der Waals surface area (Å²) in [5.41, 5.74) is 1.04. The maximum Gasteiger partial charge on any atom is 0.0790 e. The SMILES string of the molecule is CCSc1ccc(C(O)CCC(C)C)cc1. The van der Waals surface area contributed by atoms with Gasteiger partial charge >= 0.3 is 0 Å². The van der Waals surface area contributed by atoms with Crippen LogP contribution in [0.1, 0.15) is 45.3 Å². The van der Waals surface area contributed by atoms with Gasteiger partial charge in [0.1, 0.15) is 0 Å². The van der Waals surface area contributed by atoms with Crippen LogP contribution in [0.2, 0.25) is 0 Å². The molecule has 90 valence electrons. The zero-order valence-corrected chi connectivity index (χ0v) is 11.3. The van der Waals surface area contributed by atoms with Gasteiger partial charge in [0.2, 0.25) is 0 Å². The Morgan fingerprint density at radius 1 is 1.12 bits per heavy atom. The summed E-state index contributed by atoms with van der Waals surface area (Å²) in [4.78, 5) is 1.28. The third-order valence-corrected chi connectivity index (χ3v) is 3.49. The molecule has 1 atom stereocenters. The zero-order valence-electron chi connectivity index (χ0n) is 10.4. The van der Waals surface area contributed by atoms with Crippen LogP contribution in [-0.2, 0) is 0 Å². The van der Waals surface area contributed by atoms with Crippen molar-refractivity contribution in [2.45, 2.75) is 44.6 Å². The quantitative estimate of drug-likeness (QED) is 0.747. The average molecular weight is 238 g/mol. The Labute approximate surface area is 103 Å².